The molecule has 1 saturated heterocycles. The monoisotopic (exact) mass is 310 g/mol. The summed E-state index contributed by atoms with van der Waals surface area (Å²) in [6.07, 6.45) is 12.9. The molecule has 0 aromatic rings. The van der Waals surface area contributed by atoms with Gasteiger partial charge in [-0.25, -0.2) is 0 Å². The first kappa shape index (κ1) is 16.4. The van der Waals surface area contributed by atoms with Gasteiger partial charge in [0, 0.05) is 24.9 Å². The van der Waals surface area contributed by atoms with Crippen molar-refractivity contribution in [3.63, 3.8) is 0 Å². The Bertz CT molecular complexity index is 375. The lowest BCUT2D eigenvalue weighted by Gasteiger charge is -2.48. The Kier molecular flexibility index (Phi) is 5.55. The molecule has 3 fully saturated rings. The standard InChI is InChI=1S/C18H30O4/c19-9-7-5-3-1-2-4-6-8-14-12-16-15(17(14)20)13-18(16)21-10-11-22-18/h6,8,14-17,19-20H,1-5,7,9-13H2/t14-,15-,16+,17?/m1/s1. The van der Waals surface area contributed by atoms with Gasteiger partial charge in [-0.3, -0.25) is 0 Å². The van der Waals surface area contributed by atoms with Crippen LogP contribution in [-0.2, 0) is 9.47 Å². The van der Waals surface area contributed by atoms with E-state index in [0.29, 0.717) is 31.7 Å². The van der Waals surface area contributed by atoms with Crippen molar-refractivity contribution in [2.75, 3.05) is 19.8 Å². The molecule has 0 bridgehead atoms. The van der Waals surface area contributed by atoms with Crippen LogP contribution >= 0.6 is 0 Å². The number of hydrogen-bond acceptors (Lipinski definition) is 4. The van der Waals surface area contributed by atoms with E-state index in [1.54, 1.807) is 0 Å². The van der Waals surface area contributed by atoms with Gasteiger partial charge in [0.15, 0.2) is 5.79 Å². The average molecular weight is 310 g/mol. The third-order valence-electron chi connectivity index (χ3n) is 5.69. The van der Waals surface area contributed by atoms with Gasteiger partial charge in [-0.2, -0.15) is 0 Å². The lowest BCUT2D eigenvalue weighted by molar-refractivity contribution is -0.275. The number of aliphatic hydroxyl groups is 2. The first-order chi connectivity index (χ1) is 10.8. The van der Waals surface area contributed by atoms with Crippen molar-refractivity contribution in [2.24, 2.45) is 17.8 Å². The Labute approximate surface area is 133 Å². The molecule has 0 radical (unpaired) electrons. The van der Waals surface area contributed by atoms with E-state index in [-0.39, 0.29) is 17.8 Å². The number of fused-ring (bicyclic) bond motifs is 2. The Hall–Kier alpha value is -0.420. The third kappa shape index (κ3) is 3.25. The Morgan fingerprint density at radius 3 is 2.55 bits per heavy atom. The molecule has 22 heavy (non-hydrogen) atoms. The number of allylic oxidation sites excluding steroid dienone is 1. The SMILES string of the molecule is OCCCCCCCC=C[C@@H]1C[C@H]2[C@@H](CC23OCCO3)C1O. The van der Waals surface area contributed by atoms with Crippen LogP contribution in [0.15, 0.2) is 12.2 Å². The topological polar surface area (TPSA) is 58.9 Å². The van der Waals surface area contributed by atoms with Crippen LogP contribution in [-0.4, -0.2) is 41.9 Å². The molecule has 3 rings (SSSR count). The van der Waals surface area contributed by atoms with Crippen LogP contribution in [0.3, 0.4) is 0 Å². The first-order valence-corrected chi connectivity index (χ1v) is 9.00. The predicted molar refractivity (Wildman–Crippen MR) is 84.3 cm³/mol. The minimum atomic E-state index is -0.346. The molecule has 2 N–H and O–H groups in total. The zero-order valence-corrected chi connectivity index (χ0v) is 13.5. The summed E-state index contributed by atoms with van der Waals surface area (Å²) >= 11 is 0. The zero-order chi connectivity index (χ0) is 15.4. The molecule has 1 aliphatic heterocycles. The van der Waals surface area contributed by atoms with Crippen LogP contribution in [0.2, 0.25) is 0 Å². The number of ether oxygens (including phenoxy) is 2. The van der Waals surface area contributed by atoms with Crippen LogP contribution in [0, 0.1) is 17.8 Å². The summed E-state index contributed by atoms with van der Waals surface area (Å²) in [6, 6.07) is 0. The molecule has 2 aliphatic carbocycles. The quantitative estimate of drug-likeness (QED) is 0.534. The maximum atomic E-state index is 10.4. The maximum Gasteiger partial charge on any atom is 0.172 e. The van der Waals surface area contributed by atoms with E-state index < -0.39 is 0 Å². The molecular formula is C18H30O4. The largest absolute Gasteiger partial charge is 0.396 e. The van der Waals surface area contributed by atoms with E-state index >= 15 is 0 Å². The van der Waals surface area contributed by atoms with E-state index in [1.165, 1.54) is 19.3 Å². The molecule has 126 valence electrons. The summed E-state index contributed by atoms with van der Waals surface area (Å²) in [7, 11) is 0. The highest BCUT2D eigenvalue weighted by atomic mass is 16.7. The molecular weight excluding hydrogens is 280 g/mol. The minimum Gasteiger partial charge on any atom is -0.396 e. The number of aliphatic hydroxyl groups excluding tert-OH is 2. The van der Waals surface area contributed by atoms with Gasteiger partial charge in [0.25, 0.3) is 0 Å². The van der Waals surface area contributed by atoms with Crippen LogP contribution < -0.4 is 0 Å². The fraction of sp³-hybridized carbons (Fsp3) is 0.889. The summed E-state index contributed by atoms with van der Waals surface area (Å²) < 4.78 is 11.6. The van der Waals surface area contributed by atoms with Crippen molar-refractivity contribution in [1.82, 2.24) is 0 Å². The summed E-state index contributed by atoms with van der Waals surface area (Å²) in [5.41, 5.74) is 0. The predicted octanol–water partition coefficient (Wildman–Crippen LogP) is 2.64. The summed E-state index contributed by atoms with van der Waals surface area (Å²) in [5, 5.41) is 19.2. The molecule has 4 atom stereocenters. The molecule has 1 spiro atoms. The van der Waals surface area contributed by atoms with Crippen molar-refractivity contribution < 1.29 is 19.7 Å². The van der Waals surface area contributed by atoms with Gasteiger partial charge in [-0.15, -0.1) is 0 Å². The minimum absolute atomic E-state index is 0.218. The van der Waals surface area contributed by atoms with Gasteiger partial charge in [-0.1, -0.05) is 31.4 Å². The maximum absolute atomic E-state index is 10.4. The van der Waals surface area contributed by atoms with E-state index in [0.717, 1.165) is 32.1 Å². The molecule has 0 amide bonds. The van der Waals surface area contributed by atoms with Crippen molar-refractivity contribution in [3.05, 3.63) is 12.2 Å². The molecule has 4 heteroatoms. The van der Waals surface area contributed by atoms with E-state index in [4.69, 9.17) is 14.6 Å². The number of rotatable bonds is 8. The second-order valence-electron chi connectivity index (χ2n) is 7.08. The van der Waals surface area contributed by atoms with Gasteiger partial charge in [0.1, 0.15) is 0 Å². The first-order valence-electron chi connectivity index (χ1n) is 9.00. The van der Waals surface area contributed by atoms with Gasteiger partial charge < -0.3 is 19.7 Å². The van der Waals surface area contributed by atoms with Crippen molar-refractivity contribution in [1.29, 1.82) is 0 Å². The van der Waals surface area contributed by atoms with E-state index in [1.807, 2.05) is 0 Å². The zero-order valence-electron chi connectivity index (χ0n) is 13.5. The molecule has 1 heterocycles. The summed E-state index contributed by atoms with van der Waals surface area (Å²) in [6.45, 7) is 1.73. The molecule has 4 nitrogen and oxygen atoms in total. The van der Waals surface area contributed by atoms with E-state index in [9.17, 15) is 5.11 Å². The molecule has 2 saturated carbocycles. The van der Waals surface area contributed by atoms with Crippen LogP contribution in [0.4, 0.5) is 0 Å². The van der Waals surface area contributed by atoms with Crippen molar-refractivity contribution in [2.45, 2.75) is 63.3 Å². The van der Waals surface area contributed by atoms with Gasteiger partial charge >= 0.3 is 0 Å². The summed E-state index contributed by atoms with van der Waals surface area (Å²) in [4.78, 5) is 0. The molecule has 0 aromatic carbocycles. The Balaban J connectivity index is 1.36. The van der Waals surface area contributed by atoms with E-state index in [2.05, 4.69) is 12.2 Å². The smallest absolute Gasteiger partial charge is 0.172 e. The van der Waals surface area contributed by atoms with Crippen molar-refractivity contribution in [3.8, 4) is 0 Å². The van der Waals surface area contributed by atoms with Gasteiger partial charge in [-0.05, 0) is 31.6 Å². The molecule has 0 aromatic heterocycles. The fourth-order valence-electron chi connectivity index (χ4n) is 4.42. The van der Waals surface area contributed by atoms with Gasteiger partial charge in [0.2, 0.25) is 0 Å². The van der Waals surface area contributed by atoms with Crippen molar-refractivity contribution >= 4 is 0 Å². The molecule has 3 aliphatic rings. The van der Waals surface area contributed by atoms with Crippen LogP contribution in [0.1, 0.15) is 51.4 Å². The Morgan fingerprint density at radius 1 is 1.05 bits per heavy atom. The third-order valence-corrected chi connectivity index (χ3v) is 5.69. The second kappa shape index (κ2) is 7.43. The molecule has 1 unspecified atom stereocenters. The number of unbranched alkanes of at least 4 members (excludes halogenated alkanes) is 5. The van der Waals surface area contributed by atoms with Crippen LogP contribution in [0.25, 0.3) is 0 Å². The number of hydrogen-bond donors (Lipinski definition) is 2. The highest BCUT2D eigenvalue weighted by Gasteiger charge is 2.64. The highest BCUT2D eigenvalue weighted by Crippen LogP contribution is 2.59. The lowest BCUT2D eigenvalue weighted by Crippen LogP contribution is -2.54. The lowest BCUT2D eigenvalue weighted by atomic mass is 9.69. The summed E-state index contributed by atoms with van der Waals surface area (Å²) in [5.74, 6) is 0.682. The van der Waals surface area contributed by atoms with Crippen LogP contribution in [0.5, 0.6) is 0 Å². The Morgan fingerprint density at radius 2 is 1.77 bits per heavy atom. The highest BCUT2D eigenvalue weighted by molar-refractivity contribution is 5.12. The normalized spacial score (nSPS) is 36.1. The average Bonchev–Trinajstić information content (AvgIpc) is 3.09. The fourth-order valence-corrected chi connectivity index (χ4v) is 4.42. The second-order valence-corrected chi connectivity index (χ2v) is 7.08. The van der Waals surface area contributed by atoms with Gasteiger partial charge in [0.05, 0.1) is 19.3 Å².